The zero-order chi connectivity index (χ0) is 13.4. The van der Waals surface area contributed by atoms with Crippen LogP contribution in [0, 0.1) is 5.82 Å². The number of pyridine rings is 1. The number of hydrogen-bond donors (Lipinski definition) is 0. The van der Waals surface area contributed by atoms with Crippen molar-refractivity contribution in [2.45, 2.75) is 19.4 Å². The number of hydrogen-bond acceptors (Lipinski definition) is 3. The van der Waals surface area contributed by atoms with Crippen molar-refractivity contribution >= 4 is 22.7 Å². The van der Waals surface area contributed by atoms with Crippen LogP contribution >= 0.6 is 0 Å². The van der Waals surface area contributed by atoms with Gasteiger partial charge in [0.1, 0.15) is 5.82 Å². The first kappa shape index (κ1) is 11.8. The summed E-state index contributed by atoms with van der Waals surface area (Å²) in [5, 5.41) is 0.697. The minimum Gasteiger partial charge on any atom is -0.277 e. The van der Waals surface area contributed by atoms with Gasteiger partial charge in [-0.1, -0.05) is 6.07 Å². The first-order valence-electron chi connectivity index (χ1n) is 6.02. The van der Waals surface area contributed by atoms with Crippen LogP contribution in [-0.4, -0.2) is 21.7 Å². The molecule has 1 fully saturated rings. The van der Waals surface area contributed by atoms with Crippen LogP contribution in [0.5, 0.6) is 0 Å². The third-order valence-electron chi connectivity index (χ3n) is 3.18. The second-order valence-corrected chi connectivity index (χ2v) is 4.51. The Morgan fingerprint density at radius 1 is 1.11 bits per heavy atom. The maximum absolute atomic E-state index is 13.0. The molecule has 0 saturated carbocycles. The molecular formula is C14H11FN2O2. The summed E-state index contributed by atoms with van der Waals surface area (Å²) < 4.78 is 13.0. The van der Waals surface area contributed by atoms with Gasteiger partial charge in [0.2, 0.25) is 11.8 Å². The monoisotopic (exact) mass is 258 g/mol. The van der Waals surface area contributed by atoms with Gasteiger partial charge in [-0.25, -0.2) is 4.39 Å². The third-order valence-corrected chi connectivity index (χ3v) is 3.18. The second-order valence-electron chi connectivity index (χ2n) is 4.51. The Labute approximate surface area is 108 Å². The lowest BCUT2D eigenvalue weighted by molar-refractivity contribution is -0.139. The van der Waals surface area contributed by atoms with Crippen LogP contribution in [0.4, 0.5) is 4.39 Å². The van der Waals surface area contributed by atoms with Crippen LogP contribution in [0.1, 0.15) is 18.5 Å². The molecule has 1 aliphatic rings. The molecule has 0 N–H and O–H groups in total. The summed E-state index contributed by atoms with van der Waals surface area (Å²) in [5.74, 6) is -0.635. The van der Waals surface area contributed by atoms with Crippen LogP contribution in [0.3, 0.4) is 0 Å². The standard InChI is InChI=1S/C14H11FN2O2/c15-10-2-4-12-9(7-10)1-3-11(16-12)8-17-13(18)5-6-14(17)19/h1-4,7H,5-6,8H2. The molecule has 0 aliphatic carbocycles. The molecule has 4 nitrogen and oxygen atoms in total. The zero-order valence-electron chi connectivity index (χ0n) is 10.1. The van der Waals surface area contributed by atoms with E-state index in [1.165, 1.54) is 17.0 Å². The number of imide groups is 1. The van der Waals surface area contributed by atoms with Gasteiger partial charge in [-0.2, -0.15) is 0 Å². The number of amides is 2. The van der Waals surface area contributed by atoms with Gasteiger partial charge in [0.05, 0.1) is 17.8 Å². The minimum absolute atomic E-state index is 0.161. The van der Waals surface area contributed by atoms with E-state index in [-0.39, 0.29) is 37.0 Å². The van der Waals surface area contributed by atoms with Gasteiger partial charge in [0.25, 0.3) is 0 Å². The van der Waals surface area contributed by atoms with Gasteiger partial charge < -0.3 is 0 Å². The number of carbonyl (C=O) groups is 2. The summed E-state index contributed by atoms with van der Waals surface area (Å²) in [6, 6.07) is 7.78. The minimum atomic E-state index is -0.313. The molecule has 1 aromatic heterocycles. The summed E-state index contributed by atoms with van der Waals surface area (Å²) in [7, 11) is 0. The fourth-order valence-corrected chi connectivity index (χ4v) is 2.19. The lowest BCUT2D eigenvalue weighted by Gasteiger charge is -2.13. The van der Waals surface area contributed by atoms with E-state index in [4.69, 9.17) is 0 Å². The fraction of sp³-hybridized carbons (Fsp3) is 0.214. The van der Waals surface area contributed by atoms with Crippen LogP contribution in [0.15, 0.2) is 30.3 Å². The predicted octanol–water partition coefficient (Wildman–Crippen LogP) is 2.02. The van der Waals surface area contributed by atoms with Crippen molar-refractivity contribution < 1.29 is 14.0 Å². The van der Waals surface area contributed by atoms with E-state index in [1.54, 1.807) is 18.2 Å². The van der Waals surface area contributed by atoms with Crippen molar-refractivity contribution in [2.24, 2.45) is 0 Å². The Morgan fingerprint density at radius 2 is 1.84 bits per heavy atom. The highest BCUT2D eigenvalue weighted by atomic mass is 19.1. The SMILES string of the molecule is O=C1CCC(=O)N1Cc1ccc2cc(F)ccc2n1. The van der Waals surface area contributed by atoms with Crippen molar-refractivity contribution in [3.8, 4) is 0 Å². The molecule has 0 spiro atoms. The summed E-state index contributed by atoms with van der Waals surface area (Å²) in [4.78, 5) is 28.6. The van der Waals surface area contributed by atoms with Gasteiger partial charge in [0.15, 0.2) is 0 Å². The molecule has 2 heterocycles. The van der Waals surface area contributed by atoms with Crippen LogP contribution in [-0.2, 0) is 16.1 Å². The van der Waals surface area contributed by atoms with Crippen molar-refractivity contribution in [1.82, 2.24) is 9.88 Å². The second kappa shape index (κ2) is 4.42. The number of carbonyl (C=O) groups excluding carboxylic acids is 2. The molecule has 19 heavy (non-hydrogen) atoms. The predicted molar refractivity (Wildman–Crippen MR) is 66.5 cm³/mol. The Morgan fingerprint density at radius 3 is 2.58 bits per heavy atom. The van der Waals surface area contributed by atoms with E-state index in [0.717, 1.165) is 0 Å². The van der Waals surface area contributed by atoms with E-state index in [1.807, 2.05) is 0 Å². The molecule has 0 unspecified atom stereocenters. The van der Waals surface area contributed by atoms with Crippen molar-refractivity contribution in [3.63, 3.8) is 0 Å². The number of benzene rings is 1. The molecule has 0 radical (unpaired) electrons. The molecular weight excluding hydrogens is 247 g/mol. The zero-order valence-corrected chi connectivity index (χ0v) is 10.1. The van der Waals surface area contributed by atoms with E-state index < -0.39 is 0 Å². The largest absolute Gasteiger partial charge is 0.277 e. The first-order valence-corrected chi connectivity index (χ1v) is 6.02. The Kier molecular flexibility index (Phi) is 2.74. The molecule has 5 heteroatoms. The average Bonchev–Trinajstić information content (AvgIpc) is 2.71. The third kappa shape index (κ3) is 2.19. The molecule has 1 saturated heterocycles. The average molecular weight is 258 g/mol. The van der Waals surface area contributed by atoms with Crippen molar-refractivity contribution in [2.75, 3.05) is 0 Å². The summed E-state index contributed by atoms with van der Waals surface area (Å²) in [6.07, 6.45) is 0.551. The van der Waals surface area contributed by atoms with E-state index in [2.05, 4.69) is 4.98 Å². The quantitative estimate of drug-likeness (QED) is 0.774. The molecule has 3 rings (SSSR count). The van der Waals surface area contributed by atoms with Crippen molar-refractivity contribution in [1.29, 1.82) is 0 Å². The molecule has 1 aliphatic heterocycles. The molecule has 2 amide bonds. The fourth-order valence-electron chi connectivity index (χ4n) is 2.19. The van der Waals surface area contributed by atoms with E-state index in [0.29, 0.717) is 16.6 Å². The smallest absolute Gasteiger partial charge is 0.230 e. The number of aromatic nitrogens is 1. The highest BCUT2D eigenvalue weighted by Crippen LogP contribution is 2.18. The van der Waals surface area contributed by atoms with E-state index >= 15 is 0 Å². The van der Waals surface area contributed by atoms with Crippen molar-refractivity contribution in [3.05, 3.63) is 41.8 Å². The number of nitrogens with zero attached hydrogens (tertiary/aromatic N) is 2. The molecule has 96 valence electrons. The van der Waals surface area contributed by atoms with Gasteiger partial charge >= 0.3 is 0 Å². The lowest BCUT2D eigenvalue weighted by Crippen LogP contribution is -2.28. The lowest BCUT2D eigenvalue weighted by atomic mass is 10.2. The van der Waals surface area contributed by atoms with E-state index in [9.17, 15) is 14.0 Å². The molecule has 0 bridgehead atoms. The number of fused-ring (bicyclic) bond motifs is 1. The number of likely N-dealkylation sites (tertiary alicyclic amines) is 1. The summed E-state index contributed by atoms with van der Waals surface area (Å²) >= 11 is 0. The topological polar surface area (TPSA) is 50.3 Å². The summed E-state index contributed by atoms with van der Waals surface area (Å²) in [5.41, 5.74) is 1.28. The number of rotatable bonds is 2. The van der Waals surface area contributed by atoms with Gasteiger partial charge in [-0.3, -0.25) is 19.5 Å². The molecule has 1 aromatic carbocycles. The molecule has 2 aromatic rings. The highest BCUT2D eigenvalue weighted by Gasteiger charge is 2.28. The van der Waals surface area contributed by atoms with Crippen LogP contribution < -0.4 is 0 Å². The van der Waals surface area contributed by atoms with Gasteiger partial charge in [-0.05, 0) is 24.3 Å². The van der Waals surface area contributed by atoms with Gasteiger partial charge in [0, 0.05) is 18.2 Å². The van der Waals surface area contributed by atoms with Crippen LogP contribution in [0.25, 0.3) is 10.9 Å². The highest BCUT2D eigenvalue weighted by molar-refractivity contribution is 6.01. The maximum Gasteiger partial charge on any atom is 0.230 e. The Hall–Kier alpha value is -2.30. The van der Waals surface area contributed by atoms with Crippen LogP contribution in [0.2, 0.25) is 0 Å². The van der Waals surface area contributed by atoms with Gasteiger partial charge in [-0.15, -0.1) is 0 Å². The number of halogens is 1. The first-order chi connectivity index (χ1) is 9.13. The Bertz CT molecular complexity index is 668. The summed E-state index contributed by atoms with van der Waals surface area (Å²) in [6.45, 7) is 0.185. The normalized spacial score (nSPS) is 15.5. The maximum atomic E-state index is 13.0. The Balaban J connectivity index is 1.91. The molecule has 0 atom stereocenters.